The zero-order valence-electron chi connectivity index (χ0n) is 38.3. The van der Waals surface area contributed by atoms with E-state index in [9.17, 15) is 86.3 Å². The quantitative estimate of drug-likeness (QED) is 0.0280. The standard InChI is InChI=1S/C36H56N18O19/c37-6-24(60)43-7-25(61)45-11-29(65)50-16(3-21(40)57)34(70)53-14(1-19(38)55)32(68)48-9-27(63)44-8-26(62)46-12-30(66)51-17(4-22(41)58)35(71)54-15(2-20(39)56)33(69)49-10-28(64)47-13-31(67)52-18(36(72)73)5-23(42)59/h14-18H,1-13,37H2,(H2,38,55)(H2,39,56)(H2,40,57)(H2,41,58)(H2,42,59)(H,43,60)(H,44,63)(H,45,61)(H,46,62)(H,47,64)(H,48,68)(H,49,69)(H,50,65)(H,51,66)(H,52,67)(H,53,70)(H,54,71)(H,72,73)/t14-,15-,16-,17-,18-/m0/s1. The lowest BCUT2D eigenvalue weighted by molar-refractivity contribution is -0.143. The van der Waals surface area contributed by atoms with Gasteiger partial charge in [0.2, 0.25) is 100 Å². The highest BCUT2D eigenvalue weighted by Gasteiger charge is 2.31. The van der Waals surface area contributed by atoms with Gasteiger partial charge in [-0.3, -0.25) is 81.5 Å². The molecule has 0 unspecified atom stereocenters. The van der Waals surface area contributed by atoms with Crippen LogP contribution in [-0.4, -0.2) is 194 Å². The molecule has 0 aromatic rings. The Labute approximate surface area is 410 Å². The van der Waals surface area contributed by atoms with Crippen LogP contribution in [0.3, 0.4) is 0 Å². The molecule has 37 heteroatoms. The van der Waals surface area contributed by atoms with Crippen LogP contribution in [0, 0.1) is 0 Å². The van der Waals surface area contributed by atoms with Gasteiger partial charge in [-0.15, -0.1) is 0 Å². The first-order valence-electron chi connectivity index (χ1n) is 20.7. The average molecular weight is 1040 g/mol. The minimum Gasteiger partial charge on any atom is -0.480 e. The van der Waals surface area contributed by atoms with Crippen LogP contribution in [-0.2, 0) is 86.3 Å². The lowest BCUT2D eigenvalue weighted by atomic mass is 10.1. The largest absolute Gasteiger partial charge is 0.480 e. The van der Waals surface area contributed by atoms with Crippen LogP contribution < -0.4 is 98.2 Å². The van der Waals surface area contributed by atoms with Crippen LogP contribution in [0.2, 0.25) is 0 Å². The van der Waals surface area contributed by atoms with Crippen molar-refractivity contribution in [2.75, 3.05) is 52.4 Å². The minimum atomic E-state index is -1.86. The Morgan fingerprint density at radius 3 is 0.767 bits per heavy atom. The van der Waals surface area contributed by atoms with Gasteiger partial charge in [0.05, 0.1) is 84.5 Å². The van der Waals surface area contributed by atoms with Crippen molar-refractivity contribution in [1.82, 2.24) is 63.8 Å². The fraction of sp³-hybridized carbons (Fsp3) is 0.500. The van der Waals surface area contributed by atoms with Crippen LogP contribution in [0.4, 0.5) is 0 Å². The van der Waals surface area contributed by atoms with Gasteiger partial charge in [0, 0.05) is 0 Å². The van der Waals surface area contributed by atoms with E-state index in [0.717, 1.165) is 0 Å². The Balaban J connectivity index is 5.32. The van der Waals surface area contributed by atoms with E-state index in [1.807, 2.05) is 42.5 Å². The van der Waals surface area contributed by atoms with E-state index in [1.165, 1.54) is 0 Å². The monoisotopic (exact) mass is 1040 g/mol. The molecule has 5 atom stereocenters. The van der Waals surface area contributed by atoms with Crippen molar-refractivity contribution in [3.8, 4) is 0 Å². The number of hydrogen-bond donors (Lipinski definition) is 19. The van der Waals surface area contributed by atoms with Gasteiger partial charge in [0.15, 0.2) is 0 Å². The normalized spacial score (nSPS) is 12.3. The molecule has 404 valence electrons. The second kappa shape index (κ2) is 33.0. The van der Waals surface area contributed by atoms with Crippen molar-refractivity contribution in [3.63, 3.8) is 0 Å². The molecule has 37 nitrogen and oxygen atoms in total. The van der Waals surface area contributed by atoms with Gasteiger partial charge in [-0.2, -0.15) is 0 Å². The highest BCUT2D eigenvalue weighted by atomic mass is 16.4. The van der Waals surface area contributed by atoms with Crippen LogP contribution in [0.1, 0.15) is 32.1 Å². The highest BCUT2D eigenvalue weighted by molar-refractivity contribution is 6.00. The molecule has 0 saturated carbocycles. The fourth-order valence-electron chi connectivity index (χ4n) is 5.12. The summed E-state index contributed by atoms with van der Waals surface area (Å²) in [7, 11) is 0. The zero-order valence-corrected chi connectivity index (χ0v) is 38.3. The fourth-order valence-corrected chi connectivity index (χ4v) is 5.12. The van der Waals surface area contributed by atoms with E-state index in [-0.39, 0.29) is 0 Å². The molecule has 17 amide bonds. The van der Waals surface area contributed by atoms with E-state index >= 15 is 0 Å². The lowest BCUT2D eigenvalue weighted by Gasteiger charge is -2.22. The third kappa shape index (κ3) is 29.8. The van der Waals surface area contributed by atoms with Gasteiger partial charge in [0.25, 0.3) is 0 Å². The number of carbonyl (C=O) groups is 18. The van der Waals surface area contributed by atoms with Crippen molar-refractivity contribution in [2.45, 2.75) is 62.3 Å². The molecule has 0 bridgehead atoms. The number of hydrogen-bond acceptors (Lipinski definition) is 19. The van der Waals surface area contributed by atoms with Gasteiger partial charge < -0.3 is 103 Å². The van der Waals surface area contributed by atoms with Crippen LogP contribution in [0.15, 0.2) is 0 Å². The van der Waals surface area contributed by atoms with E-state index in [1.54, 1.807) is 0 Å². The van der Waals surface area contributed by atoms with Gasteiger partial charge in [-0.25, -0.2) is 4.79 Å². The summed E-state index contributed by atoms with van der Waals surface area (Å²) in [5, 5.41) is 33.6. The maximum absolute atomic E-state index is 13.1. The Kier molecular flexibility index (Phi) is 28.7. The summed E-state index contributed by atoms with van der Waals surface area (Å²) >= 11 is 0. The first-order chi connectivity index (χ1) is 34.0. The van der Waals surface area contributed by atoms with Crippen LogP contribution in [0.25, 0.3) is 0 Å². The number of nitrogens with two attached hydrogens (primary N) is 6. The lowest BCUT2D eigenvalue weighted by Crippen LogP contribution is -2.57. The molecule has 0 aliphatic heterocycles. The Morgan fingerprint density at radius 1 is 0.288 bits per heavy atom. The molecule has 0 radical (unpaired) electrons. The van der Waals surface area contributed by atoms with Gasteiger partial charge >= 0.3 is 5.97 Å². The second-order valence-electron chi connectivity index (χ2n) is 14.7. The first-order valence-corrected chi connectivity index (χ1v) is 20.7. The van der Waals surface area contributed by atoms with Crippen molar-refractivity contribution < 1.29 is 91.4 Å². The number of carboxylic acid groups (broad SMARTS) is 1. The Bertz CT molecular complexity index is 2170. The van der Waals surface area contributed by atoms with Crippen molar-refractivity contribution >= 4 is 106 Å². The molecule has 0 fully saturated rings. The summed E-state index contributed by atoms with van der Waals surface area (Å²) in [6.07, 6.45) is -4.31. The molecule has 25 N–H and O–H groups in total. The number of carbonyl (C=O) groups excluding carboxylic acids is 17. The van der Waals surface area contributed by atoms with Crippen molar-refractivity contribution in [3.05, 3.63) is 0 Å². The molecular weight excluding hydrogens is 989 g/mol. The summed E-state index contributed by atoms with van der Waals surface area (Å²) in [6, 6.07) is -9.01. The maximum Gasteiger partial charge on any atom is 0.326 e. The molecule has 0 aromatic carbocycles. The topological polar surface area (TPSA) is 628 Å². The van der Waals surface area contributed by atoms with E-state index in [2.05, 4.69) is 21.3 Å². The molecule has 0 aromatic heterocycles. The number of rotatable bonds is 35. The van der Waals surface area contributed by atoms with Crippen molar-refractivity contribution in [1.29, 1.82) is 0 Å². The second-order valence-corrected chi connectivity index (χ2v) is 14.7. The number of nitrogens with one attached hydrogen (secondary N) is 12. The number of amides is 17. The average Bonchev–Trinajstić information content (AvgIpc) is 3.29. The summed E-state index contributed by atoms with van der Waals surface area (Å²) in [4.78, 5) is 218. The molecular formula is C36H56N18O19. The highest BCUT2D eigenvalue weighted by Crippen LogP contribution is 2.00. The molecule has 0 saturated heterocycles. The number of primary amides is 5. The summed E-state index contributed by atoms with van der Waals surface area (Å²) in [5.74, 6) is -20.2. The van der Waals surface area contributed by atoms with E-state index in [0.29, 0.717) is 0 Å². The molecule has 0 heterocycles. The van der Waals surface area contributed by atoms with E-state index in [4.69, 9.17) is 39.5 Å². The van der Waals surface area contributed by atoms with E-state index < -0.39 is 221 Å². The summed E-state index contributed by atoms with van der Waals surface area (Å²) in [6.45, 7) is -6.16. The zero-order chi connectivity index (χ0) is 56.0. The van der Waals surface area contributed by atoms with Gasteiger partial charge in [0.1, 0.15) is 30.2 Å². The molecule has 0 rings (SSSR count). The molecule has 0 spiro atoms. The SMILES string of the molecule is NCC(=O)NCC(=O)NCC(=O)N[C@@H](CC(N)=O)C(=O)N[C@@H](CC(N)=O)C(=O)NCC(=O)NCC(=O)NCC(=O)N[C@@H](CC(N)=O)C(=O)N[C@@H](CC(N)=O)C(=O)NCC(=O)NCC(=O)N[C@@H](CC(N)=O)C(=O)O. The Hall–Kier alpha value is -9.58. The van der Waals surface area contributed by atoms with Crippen LogP contribution >= 0.6 is 0 Å². The third-order valence-corrected chi connectivity index (χ3v) is 8.49. The molecule has 73 heavy (non-hydrogen) atoms. The Morgan fingerprint density at radius 2 is 0.507 bits per heavy atom. The number of carboxylic acids is 1. The predicted molar refractivity (Wildman–Crippen MR) is 236 cm³/mol. The number of aliphatic carboxylic acids is 1. The van der Waals surface area contributed by atoms with Crippen LogP contribution in [0.5, 0.6) is 0 Å². The summed E-state index contributed by atoms with van der Waals surface area (Å²) in [5.41, 5.74) is 30.7. The summed E-state index contributed by atoms with van der Waals surface area (Å²) < 4.78 is 0. The van der Waals surface area contributed by atoms with Gasteiger partial charge in [-0.05, 0) is 0 Å². The van der Waals surface area contributed by atoms with Gasteiger partial charge in [-0.1, -0.05) is 0 Å². The first kappa shape index (κ1) is 63.4. The van der Waals surface area contributed by atoms with Crippen molar-refractivity contribution in [2.24, 2.45) is 34.4 Å². The predicted octanol–water partition coefficient (Wildman–Crippen LogP) is -15.4. The minimum absolute atomic E-state index is 0.418. The smallest absolute Gasteiger partial charge is 0.326 e. The molecule has 0 aliphatic rings. The third-order valence-electron chi connectivity index (χ3n) is 8.49. The molecule has 0 aliphatic carbocycles. The maximum atomic E-state index is 13.1.